The van der Waals surface area contributed by atoms with Gasteiger partial charge in [-0.2, -0.15) is 0 Å². The highest BCUT2D eigenvalue weighted by atomic mass is 32.2. The minimum atomic E-state index is -3.41. The number of hydrogen-bond acceptors (Lipinski definition) is 6. The number of thiazole rings is 1. The molecule has 0 unspecified atom stereocenters. The van der Waals surface area contributed by atoms with Crippen LogP contribution in [0.5, 0.6) is 0 Å². The third-order valence-electron chi connectivity index (χ3n) is 5.34. The van der Waals surface area contributed by atoms with Gasteiger partial charge in [0, 0.05) is 19.5 Å². The Labute approximate surface area is 194 Å². The average Bonchev–Trinajstić information content (AvgIpc) is 3.16. The number of sulfone groups is 1. The molecule has 3 rings (SSSR count). The number of anilines is 1. The van der Waals surface area contributed by atoms with Crippen LogP contribution < -0.4 is 4.90 Å². The van der Waals surface area contributed by atoms with E-state index in [1.165, 1.54) is 16.9 Å². The van der Waals surface area contributed by atoms with Crippen LogP contribution in [0.3, 0.4) is 0 Å². The first-order chi connectivity index (χ1) is 15.2. The molecule has 3 aromatic rings. The minimum Gasteiger partial charge on any atom is -0.308 e. The smallest absolute Gasteiger partial charge is 0.228 e. The van der Waals surface area contributed by atoms with Crippen molar-refractivity contribution in [2.45, 2.75) is 38.0 Å². The van der Waals surface area contributed by atoms with Crippen molar-refractivity contribution in [3.8, 4) is 0 Å². The van der Waals surface area contributed by atoms with Gasteiger partial charge < -0.3 is 4.90 Å². The Hall–Kier alpha value is -2.29. The van der Waals surface area contributed by atoms with Crippen molar-refractivity contribution in [3.63, 3.8) is 0 Å². The molecule has 1 heterocycles. The van der Waals surface area contributed by atoms with Gasteiger partial charge in [-0.05, 0) is 63.7 Å². The molecular weight excluding hydrogens is 442 g/mol. The van der Waals surface area contributed by atoms with Crippen molar-refractivity contribution in [3.05, 3.63) is 53.6 Å². The van der Waals surface area contributed by atoms with Crippen LogP contribution in [0, 0.1) is 6.92 Å². The lowest BCUT2D eigenvalue weighted by Crippen LogP contribution is -2.36. The Morgan fingerprint density at radius 2 is 1.78 bits per heavy atom. The first-order valence-electron chi connectivity index (χ1n) is 10.8. The van der Waals surface area contributed by atoms with E-state index in [1.54, 1.807) is 29.2 Å². The third kappa shape index (κ3) is 6.15. The largest absolute Gasteiger partial charge is 0.308 e. The van der Waals surface area contributed by atoms with Gasteiger partial charge in [-0.25, -0.2) is 13.4 Å². The van der Waals surface area contributed by atoms with Crippen molar-refractivity contribution < 1.29 is 13.2 Å². The second-order valence-electron chi connectivity index (χ2n) is 8.24. The number of nitrogens with zero attached hydrogens (tertiary/aromatic N) is 3. The molecule has 0 saturated heterocycles. The lowest BCUT2D eigenvalue weighted by atomic mass is 10.2. The molecule has 0 radical (unpaired) electrons. The summed E-state index contributed by atoms with van der Waals surface area (Å²) in [4.78, 5) is 21.8. The fourth-order valence-electron chi connectivity index (χ4n) is 3.33. The maximum absolute atomic E-state index is 13.1. The predicted octanol–water partition coefficient (Wildman–Crippen LogP) is 4.32. The summed E-state index contributed by atoms with van der Waals surface area (Å²) in [5, 5.41) is 0.668. The fraction of sp³-hybridized carbons (Fsp3) is 0.417. The van der Waals surface area contributed by atoms with Gasteiger partial charge in [0.15, 0.2) is 15.0 Å². The van der Waals surface area contributed by atoms with E-state index in [-0.39, 0.29) is 24.5 Å². The Morgan fingerprint density at radius 1 is 1.06 bits per heavy atom. The highest BCUT2D eigenvalue weighted by Crippen LogP contribution is 2.30. The molecule has 2 aromatic carbocycles. The maximum Gasteiger partial charge on any atom is 0.228 e. The third-order valence-corrected chi connectivity index (χ3v) is 8.19. The van der Waals surface area contributed by atoms with Crippen molar-refractivity contribution in [2.24, 2.45) is 0 Å². The maximum atomic E-state index is 13.1. The lowest BCUT2D eigenvalue weighted by Gasteiger charge is -2.22. The molecule has 0 bridgehead atoms. The molecule has 0 aliphatic rings. The highest BCUT2D eigenvalue weighted by molar-refractivity contribution is 7.91. The number of fused-ring (bicyclic) bond motifs is 1. The van der Waals surface area contributed by atoms with Crippen LogP contribution in [0.2, 0.25) is 0 Å². The number of aromatic nitrogens is 1. The Morgan fingerprint density at radius 3 is 2.44 bits per heavy atom. The number of likely N-dealkylation sites (N-methyl/N-ethyl adjacent to an activating group) is 1. The average molecular weight is 474 g/mol. The van der Waals surface area contributed by atoms with Gasteiger partial charge in [-0.1, -0.05) is 42.0 Å². The summed E-state index contributed by atoms with van der Waals surface area (Å²) in [5.41, 5.74) is 3.13. The van der Waals surface area contributed by atoms with Gasteiger partial charge in [0.05, 0.1) is 20.9 Å². The number of hydrogen-bond donors (Lipinski definition) is 0. The van der Waals surface area contributed by atoms with Crippen molar-refractivity contribution in [1.82, 2.24) is 9.88 Å². The standard InChI is InChI=1S/C24H31N3O3S2/c1-5-19-10-13-21-22(17-19)31-24(25-21)27(15-14-26(3)4)23(28)7-6-16-32(29,30)20-11-8-18(2)9-12-20/h8-13,17H,5-7,14-16H2,1-4H3. The number of benzene rings is 2. The molecule has 0 aliphatic heterocycles. The summed E-state index contributed by atoms with van der Waals surface area (Å²) in [6.45, 7) is 5.24. The SMILES string of the molecule is CCc1ccc2nc(N(CCN(C)C)C(=O)CCCS(=O)(=O)c3ccc(C)cc3)sc2c1. The molecule has 0 aliphatic carbocycles. The van der Waals surface area contributed by atoms with Crippen LogP contribution in [0.4, 0.5) is 5.13 Å². The van der Waals surface area contributed by atoms with E-state index in [1.807, 2.05) is 32.0 Å². The summed E-state index contributed by atoms with van der Waals surface area (Å²) in [6.07, 6.45) is 1.38. The molecule has 0 N–H and O–H groups in total. The molecule has 0 fully saturated rings. The second kappa shape index (κ2) is 10.6. The van der Waals surface area contributed by atoms with E-state index in [2.05, 4.69) is 24.0 Å². The van der Waals surface area contributed by atoms with Crippen molar-refractivity contribution in [1.29, 1.82) is 0 Å². The minimum absolute atomic E-state index is 0.0526. The number of carbonyl (C=O) groups excluding carboxylic acids is 1. The number of carbonyl (C=O) groups is 1. The summed E-state index contributed by atoms with van der Waals surface area (Å²) in [7, 11) is 0.513. The molecule has 32 heavy (non-hydrogen) atoms. The molecule has 1 aromatic heterocycles. The molecule has 6 nitrogen and oxygen atoms in total. The van der Waals surface area contributed by atoms with E-state index >= 15 is 0 Å². The lowest BCUT2D eigenvalue weighted by molar-refractivity contribution is -0.118. The molecule has 0 atom stereocenters. The first kappa shape index (κ1) is 24.4. The molecule has 0 spiro atoms. The topological polar surface area (TPSA) is 70.6 Å². The van der Waals surface area contributed by atoms with Crippen LogP contribution in [-0.2, 0) is 21.1 Å². The quantitative estimate of drug-likeness (QED) is 0.439. The molecule has 172 valence electrons. The summed E-state index contributed by atoms with van der Waals surface area (Å²) >= 11 is 1.51. The second-order valence-corrected chi connectivity index (χ2v) is 11.4. The zero-order chi connectivity index (χ0) is 23.3. The van der Waals surface area contributed by atoms with Crippen molar-refractivity contribution >= 4 is 42.4 Å². The molecular formula is C24H31N3O3S2. The Bertz CT molecular complexity index is 1170. The zero-order valence-corrected chi connectivity index (χ0v) is 20.8. The van der Waals surface area contributed by atoms with Crippen molar-refractivity contribution in [2.75, 3.05) is 37.8 Å². The number of amides is 1. The van der Waals surface area contributed by atoms with Crippen LogP contribution in [0.25, 0.3) is 10.2 Å². The van der Waals surface area contributed by atoms with Gasteiger partial charge >= 0.3 is 0 Å². The van der Waals surface area contributed by atoms with E-state index < -0.39 is 9.84 Å². The monoisotopic (exact) mass is 473 g/mol. The van der Waals surface area contributed by atoms with Crippen LogP contribution >= 0.6 is 11.3 Å². The van der Waals surface area contributed by atoms with Gasteiger partial charge in [-0.3, -0.25) is 9.69 Å². The Balaban J connectivity index is 1.72. The summed E-state index contributed by atoms with van der Waals surface area (Å²) in [6, 6.07) is 13.0. The van der Waals surface area contributed by atoms with E-state index in [4.69, 9.17) is 0 Å². The van der Waals surface area contributed by atoms with Crippen LogP contribution in [-0.4, -0.2) is 57.1 Å². The van der Waals surface area contributed by atoms with Gasteiger partial charge in [0.1, 0.15) is 0 Å². The van der Waals surface area contributed by atoms with Crippen LogP contribution in [0.1, 0.15) is 30.9 Å². The summed E-state index contributed by atoms with van der Waals surface area (Å²) < 4.78 is 26.3. The number of rotatable bonds is 10. The Kier molecular flexibility index (Phi) is 8.03. The van der Waals surface area contributed by atoms with Gasteiger partial charge in [0.2, 0.25) is 5.91 Å². The summed E-state index contributed by atoms with van der Waals surface area (Å²) in [5.74, 6) is -0.149. The fourth-order valence-corrected chi connectivity index (χ4v) is 5.71. The molecule has 1 amide bonds. The van der Waals surface area contributed by atoms with Gasteiger partial charge in [0.25, 0.3) is 0 Å². The normalized spacial score (nSPS) is 11.9. The van der Waals surface area contributed by atoms with E-state index in [9.17, 15) is 13.2 Å². The molecule has 0 saturated carbocycles. The molecule has 8 heteroatoms. The van der Waals surface area contributed by atoms with Crippen LogP contribution in [0.15, 0.2) is 47.4 Å². The van der Waals surface area contributed by atoms with E-state index in [0.717, 1.165) is 22.2 Å². The van der Waals surface area contributed by atoms with E-state index in [0.29, 0.717) is 23.1 Å². The number of aryl methyl sites for hydroxylation is 2. The predicted molar refractivity (Wildman–Crippen MR) is 132 cm³/mol. The van der Waals surface area contributed by atoms with Gasteiger partial charge in [-0.15, -0.1) is 0 Å². The zero-order valence-electron chi connectivity index (χ0n) is 19.2. The highest BCUT2D eigenvalue weighted by Gasteiger charge is 2.21. The first-order valence-corrected chi connectivity index (χ1v) is 13.3.